The first-order chi connectivity index (χ1) is 30.5. The Balaban J connectivity index is 4.40. The third-order valence-corrected chi connectivity index (χ3v) is 11.3. The Morgan fingerprint density at radius 3 is 1.02 bits per heavy atom. The van der Waals surface area contributed by atoms with Gasteiger partial charge in [-0.1, -0.05) is 216 Å². The summed E-state index contributed by atoms with van der Waals surface area (Å²) in [6.07, 6.45) is 62.0. The highest BCUT2D eigenvalue weighted by atomic mass is 16.6. The largest absolute Gasteiger partial charge is 0.462 e. The number of allylic oxidation sites excluding steroid dienone is 10. The molecule has 0 bridgehead atoms. The molecule has 0 amide bonds. The van der Waals surface area contributed by atoms with Gasteiger partial charge >= 0.3 is 17.9 Å². The van der Waals surface area contributed by atoms with E-state index in [1.54, 1.807) is 0 Å². The molecule has 0 spiro atoms. The highest BCUT2D eigenvalue weighted by Gasteiger charge is 2.19. The molecule has 0 rings (SSSR count). The second-order valence-electron chi connectivity index (χ2n) is 17.4. The van der Waals surface area contributed by atoms with E-state index < -0.39 is 6.10 Å². The molecule has 0 heterocycles. The second kappa shape index (κ2) is 50.8. The fourth-order valence-corrected chi connectivity index (χ4v) is 7.31. The van der Waals surface area contributed by atoms with E-state index in [0.717, 1.165) is 109 Å². The summed E-state index contributed by atoms with van der Waals surface area (Å²) in [5, 5.41) is 0. The average Bonchev–Trinajstić information content (AvgIpc) is 3.27. The summed E-state index contributed by atoms with van der Waals surface area (Å²) in [7, 11) is 0. The highest BCUT2D eigenvalue weighted by Crippen LogP contribution is 2.15. The fourth-order valence-electron chi connectivity index (χ4n) is 7.31. The molecule has 0 radical (unpaired) electrons. The van der Waals surface area contributed by atoms with Gasteiger partial charge < -0.3 is 14.2 Å². The minimum atomic E-state index is -0.783. The first-order valence-corrected chi connectivity index (χ1v) is 26.3. The normalized spacial score (nSPS) is 12.5. The van der Waals surface area contributed by atoms with Gasteiger partial charge in [0.1, 0.15) is 13.2 Å². The molecule has 0 aliphatic rings. The maximum Gasteiger partial charge on any atom is 0.306 e. The Labute approximate surface area is 383 Å². The minimum Gasteiger partial charge on any atom is -0.462 e. The van der Waals surface area contributed by atoms with E-state index >= 15 is 0 Å². The van der Waals surface area contributed by atoms with Gasteiger partial charge in [-0.3, -0.25) is 14.4 Å². The van der Waals surface area contributed by atoms with Crippen LogP contribution in [0.3, 0.4) is 0 Å². The van der Waals surface area contributed by atoms with Gasteiger partial charge in [-0.25, -0.2) is 0 Å². The van der Waals surface area contributed by atoms with E-state index in [1.165, 1.54) is 109 Å². The van der Waals surface area contributed by atoms with Gasteiger partial charge in [0.05, 0.1) is 0 Å². The second-order valence-corrected chi connectivity index (χ2v) is 17.4. The summed E-state index contributed by atoms with van der Waals surface area (Å²) < 4.78 is 16.8. The molecule has 0 aromatic heterocycles. The Hall–Kier alpha value is -2.89. The van der Waals surface area contributed by atoms with Crippen LogP contribution in [-0.4, -0.2) is 37.2 Å². The van der Waals surface area contributed by atoms with Crippen LogP contribution in [0.15, 0.2) is 60.8 Å². The van der Waals surface area contributed by atoms with Crippen molar-refractivity contribution in [3.05, 3.63) is 60.8 Å². The summed E-state index contributed by atoms with van der Waals surface area (Å²) in [4.78, 5) is 38.0. The third-order valence-electron chi connectivity index (χ3n) is 11.3. The Morgan fingerprint density at radius 2 is 0.629 bits per heavy atom. The Bertz CT molecular complexity index is 1130. The number of carbonyl (C=O) groups is 3. The van der Waals surface area contributed by atoms with Crippen LogP contribution in [0.1, 0.15) is 258 Å². The SMILES string of the molecule is CC/C=C\C/C=C\C/C=C\CCCCCCCC(=O)OC[C@H](COC(=O)CCCCCCCCCCCCCC)OC(=O)CCCCCCCCC/C=C\C/C=C\CCCCC. The van der Waals surface area contributed by atoms with Crippen molar-refractivity contribution in [2.75, 3.05) is 13.2 Å². The maximum atomic E-state index is 12.8. The number of unbranched alkanes of at least 4 members (excludes halogenated alkanes) is 26. The molecule has 0 aliphatic carbocycles. The van der Waals surface area contributed by atoms with Gasteiger partial charge in [0, 0.05) is 19.3 Å². The molecule has 0 aromatic carbocycles. The molecule has 0 saturated carbocycles. The van der Waals surface area contributed by atoms with Gasteiger partial charge in [-0.05, 0) is 83.5 Å². The molecule has 6 heteroatoms. The van der Waals surface area contributed by atoms with Crippen LogP contribution in [0.2, 0.25) is 0 Å². The number of hydrogen-bond acceptors (Lipinski definition) is 6. The lowest BCUT2D eigenvalue weighted by Gasteiger charge is -2.18. The first kappa shape index (κ1) is 59.1. The van der Waals surface area contributed by atoms with Crippen LogP contribution in [0.25, 0.3) is 0 Å². The van der Waals surface area contributed by atoms with Gasteiger partial charge in [-0.2, -0.15) is 0 Å². The van der Waals surface area contributed by atoms with Crippen molar-refractivity contribution in [1.29, 1.82) is 0 Å². The van der Waals surface area contributed by atoms with Crippen molar-refractivity contribution < 1.29 is 28.6 Å². The zero-order valence-electron chi connectivity index (χ0n) is 40.9. The van der Waals surface area contributed by atoms with Crippen LogP contribution < -0.4 is 0 Å². The average molecular weight is 867 g/mol. The molecular weight excluding hydrogens is 769 g/mol. The van der Waals surface area contributed by atoms with E-state index in [4.69, 9.17) is 14.2 Å². The lowest BCUT2D eigenvalue weighted by Crippen LogP contribution is -2.30. The van der Waals surface area contributed by atoms with Crippen molar-refractivity contribution >= 4 is 17.9 Å². The molecular formula is C56H98O6. The van der Waals surface area contributed by atoms with E-state index in [1.807, 2.05) is 0 Å². The van der Waals surface area contributed by atoms with Crippen LogP contribution >= 0.6 is 0 Å². The third kappa shape index (κ3) is 48.1. The quantitative estimate of drug-likeness (QED) is 0.0262. The van der Waals surface area contributed by atoms with Crippen molar-refractivity contribution in [2.24, 2.45) is 0 Å². The van der Waals surface area contributed by atoms with Crippen molar-refractivity contribution in [3.63, 3.8) is 0 Å². The van der Waals surface area contributed by atoms with Crippen LogP contribution in [0.4, 0.5) is 0 Å². The molecule has 0 aliphatic heterocycles. The predicted octanol–water partition coefficient (Wildman–Crippen LogP) is 17.3. The molecule has 358 valence electrons. The summed E-state index contributed by atoms with van der Waals surface area (Å²) in [6, 6.07) is 0. The molecule has 0 unspecified atom stereocenters. The standard InChI is InChI=1S/C56H98O6/c1-4-7-10-13-16-19-22-25-27-28-30-32-35-38-41-44-47-50-56(59)62-53(51-60-54(57)48-45-42-39-36-33-24-21-18-15-12-9-6-3)52-61-55(58)49-46-43-40-37-34-31-29-26-23-20-17-14-11-8-5-2/h8,11,16-17,19-20,25-27,29,53H,4-7,9-10,12-15,18,21-24,28,30-52H2,1-3H3/b11-8-,19-16-,20-17-,27-25-,29-26-/t53-/m0/s1. The predicted molar refractivity (Wildman–Crippen MR) is 265 cm³/mol. The molecule has 0 N–H and O–H groups in total. The van der Waals surface area contributed by atoms with Crippen molar-refractivity contribution in [1.82, 2.24) is 0 Å². The smallest absolute Gasteiger partial charge is 0.306 e. The summed E-state index contributed by atoms with van der Waals surface area (Å²) in [5.74, 6) is -0.901. The topological polar surface area (TPSA) is 78.9 Å². The van der Waals surface area contributed by atoms with Crippen LogP contribution in [0, 0.1) is 0 Å². The van der Waals surface area contributed by atoms with Crippen LogP contribution in [-0.2, 0) is 28.6 Å². The molecule has 0 aromatic rings. The van der Waals surface area contributed by atoms with Crippen molar-refractivity contribution in [2.45, 2.75) is 264 Å². The molecule has 6 nitrogen and oxygen atoms in total. The van der Waals surface area contributed by atoms with Crippen molar-refractivity contribution in [3.8, 4) is 0 Å². The molecule has 0 fully saturated rings. The molecule has 62 heavy (non-hydrogen) atoms. The zero-order chi connectivity index (χ0) is 45.1. The molecule has 0 saturated heterocycles. The zero-order valence-corrected chi connectivity index (χ0v) is 40.9. The number of carbonyl (C=O) groups excluding carboxylic acids is 3. The van der Waals surface area contributed by atoms with Crippen LogP contribution in [0.5, 0.6) is 0 Å². The van der Waals surface area contributed by atoms with E-state index in [2.05, 4.69) is 81.5 Å². The van der Waals surface area contributed by atoms with E-state index in [-0.39, 0.29) is 31.1 Å². The lowest BCUT2D eigenvalue weighted by molar-refractivity contribution is -0.167. The number of rotatable bonds is 47. The number of hydrogen-bond donors (Lipinski definition) is 0. The molecule has 1 atom stereocenters. The van der Waals surface area contributed by atoms with E-state index in [0.29, 0.717) is 19.3 Å². The number of ether oxygens (including phenoxy) is 3. The Kier molecular flexibility index (Phi) is 48.4. The lowest BCUT2D eigenvalue weighted by atomic mass is 10.0. The summed E-state index contributed by atoms with van der Waals surface area (Å²) in [5.41, 5.74) is 0. The summed E-state index contributed by atoms with van der Waals surface area (Å²) in [6.45, 7) is 6.49. The van der Waals surface area contributed by atoms with E-state index in [9.17, 15) is 14.4 Å². The minimum absolute atomic E-state index is 0.0813. The van der Waals surface area contributed by atoms with Gasteiger partial charge in [0.2, 0.25) is 0 Å². The van der Waals surface area contributed by atoms with Gasteiger partial charge in [-0.15, -0.1) is 0 Å². The highest BCUT2D eigenvalue weighted by molar-refractivity contribution is 5.71. The summed E-state index contributed by atoms with van der Waals surface area (Å²) >= 11 is 0. The maximum absolute atomic E-state index is 12.8. The van der Waals surface area contributed by atoms with Gasteiger partial charge in [0.15, 0.2) is 6.10 Å². The fraction of sp³-hybridized carbons (Fsp3) is 0.768. The number of esters is 3. The van der Waals surface area contributed by atoms with Gasteiger partial charge in [0.25, 0.3) is 0 Å². The Morgan fingerprint density at radius 1 is 0.339 bits per heavy atom. The first-order valence-electron chi connectivity index (χ1n) is 26.3. The monoisotopic (exact) mass is 867 g/mol.